The fraction of sp³-hybridized carbons (Fsp3) is 0.259. The lowest BCUT2D eigenvalue weighted by atomic mass is 9.98. The maximum atomic E-state index is 14.9. The number of halogens is 4. The number of phenols is 1. The highest BCUT2D eigenvalue weighted by molar-refractivity contribution is 5.71. The molecular formula is C27H24F4O3. The van der Waals surface area contributed by atoms with Crippen molar-refractivity contribution in [3.8, 4) is 28.0 Å². The zero-order valence-corrected chi connectivity index (χ0v) is 18.5. The molecule has 4 rings (SSSR count). The highest BCUT2D eigenvalue weighted by Gasteiger charge is 2.28. The summed E-state index contributed by atoms with van der Waals surface area (Å²) in [6, 6.07) is 11.1. The quantitative estimate of drug-likeness (QED) is 0.302. The van der Waals surface area contributed by atoms with Gasteiger partial charge in [0, 0.05) is 22.6 Å². The molecule has 0 unspecified atom stereocenters. The Labute approximate surface area is 195 Å². The largest absolute Gasteiger partial charge is 0.505 e. The molecule has 0 spiro atoms. The van der Waals surface area contributed by atoms with Crippen LogP contribution in [0.15, 0.2) is 60.7 Å². The van der Waals surface area contributed by atoms with Crippen LogP contribution < -0.4 is 0 Å². The van der Waals surface area contributed by atoms with E-state index in [0.29, 0.717) is 24.3 Å². The van der Waals surface area contributed by atoms with Gasteiger partial charge in [-0.3, -0.25) is 0 Å². The van der Waals surface area contributed by atoms with Gasteiger partial charge in [-0.1, -0.05) is 48.6 Å². The minimum Gasteiger partial charge on any atom is -0.505 e. The van der Waals surface area contributed by atoms with Crippen LogP contribution in [0.4, 0.5) is 17.6 Å². The molecule has 178 valence electrons. The van der Waals surface area contributed by atoms with E-state index in [0.717, 1.165) is 18.9 Å². The Morgan fingerprint density at radius 1 is 0.794 bits per heavy atom. The fourth-order valence-corrected chi connectivity index (χ4v) is 3.95. The van der Waals surface area contributed by atoms with Gasteiger partial charge in [-0.05, 0) is 43.0 Å². The Kier molecular flexibility index (Phi) is 7.34. The van der Waals surface area contributed by atoms with Crippen molar-refractivity contribution in [1.82, 2.24) is 0 Å². The van der Waals surface area contributed by atoms with Crippen molar-refractivity contribution in [2.45, 2.75) is 26.1 Å². The van der Waals surface area contributed by atoms with Crippen molar-refractivity contribution in [1.29, 1.82) is 0 Å². The summed E-state index contributed by atoms with van der Waals surface area (Å²) in [6.45, 7) is 2.76. The molecule has 3 aromatic rings. The number of allylic oxidation sites excluding steroid dienone is 2. The van der Waals surface area contributed by atoms with E-state index in [1.54, 1.807) is 0 Å². The first-order chi connectivity index (χ1) is 16.4. The van der Waals surface area contributed by atoms with Crippen LogP contribution >= 0.6 is 0 Å². The van der Waals surface area contributed by atoms with Crippen molar-refractivity contribution >= 4 is 0 Å². The predicted octanol–water partition coefficient (Wildman–Crippen LogP) is 7.30. The van der Waals surface area contributed by atoms with E-state index in [9.17, 15) is 22.7 Å². The Hall–Kier alpha value is -3.16. The van der Waals surface area contributed by atoms with E-state index < -0.39 is 35.3 Å². The smallest absolute Gasteiger partial charge is 0.200 e. The van der Waals surface area contributed by atoms with Crippen molar-refractivity contribution in [2.24, 2.45) is 5.92 Å². The minimum absolute atomic E-state index is 0.00795. The fourth-order valence-electron chi connectivity index (χ4n) is 3.95. The lowest BCUT2D eigenvalue weighted by Crippen LogP contribution is -2.27. The van der Waals surface area contributed by atoms with Gasteiger partial charge in [0.25, 0.3) is 0 Å². The number of phenolic OH excluding ortho intramolecular Hbond substituents is 1. The molecule has 0 saturated carbocycles. The van der Waals surface area contributed by atoms with Crippen LogP contribution in [0.25, 0.3) is 22.3 Å². The molecule has 34 heavy (non-hydrogen) atoms. The van der Waals surface area contributed by atoms with Crippen LogP contribution in [-0.4, -0.2) is 18.3 Å². The maximum absolute atomic E-state index is 14.9. The lowest BCUT2D eigenvalue weighted by Gasteiger charge is -2.29. The molecule has 0 radical (unpaired) electrons. The molecule has 0 atom stereocenters. The minimum atomic E-state index is -1.35. The number of hydrogen-bond donors (Lipinski definition) is 1. The van der Waals surface area contributed by atoms with Crippen LogP contribution in [0.3, 0.4) is 0 Å². The van der Waals surface area contributed by atoms with Gasteiger partial charge in [0.15, 0.2) is 29.5 Å². The van der Waals surface area contributed by atoms with Crippen molar-refractivity contribution < 1.29 is 32.1 Å². The average molecular weight is 472 g/mol. The monoisotopic (exact) mass is 472 g/mol. The topological polar surface area (TPSA) is 38.7 Å². The SMILES string of the molecule is C/C=C/CCC1COC(c2ccc(-c3ccc(-c4ccc(O)c(F)c4F)cc3)c(F)c2F)OC1. The molecular weight excluding hydrogens is 448 g/mol. The van der Waals surface area contributed by atoms with Gasteiger partial charge in [-0.2, -0.15) is 4.39 Å². The zero-order chi connectivity index (χ0) is 24.2. The Balaban J connectivity index is 1.51. The third-order valence-corrected chi connectivity index (χ3v) is 5.88. The molecule has 3 nitrogen and oxygen atoms in total. The van der Waals surface area contributed by atoms with Crippen molar-refractivity contribution in [3.63, 3.8) is 0 Å². The van der Waals surface area contributed by atoms with E-state index in [2.05, 4.69) is 6.08 Å². The summed E-state index contributed by atoms with van der Waals surface area (Å²) in [4.78, 5) is 0. The number of benzene rings is 3. The van der Waals surface area contributed by atoms with E-state index in [-0.39, 0.29) is 22.6 Å². The second-order valence-corrected chi connectivity index (χ2v) is 8.18. The normalized spacial score (nSPS) is 18.5. The highest BCUT2D eigenvalue weighted by atomic mass is 19.2. The van der Waals surface area contributed by atoms with E-state index in [4.69, 9.17) is 9.47 Å². The molecule has 0 aromatic heterocycles. The Bertz CT molecular complexity index is 1180. The zero-order valence-electron chi connectivity index (χ0n) is 18.5. The molecule has 1 aliphatic heterocycles. The van der Waals surface area contributed by atoms with Crippen LogP contribution in [0.2, 0.25) is 0 Å². The molecule has 0 amide bonds. The molecule has 0 aliphatic carbocycles. The molecule has 1 aliphatic rings. The highest BCUT2D eigenvalue weighted by Crippen LogP contribution is 2.35. The van der Waals surface area contributed by atoms with Crippen molar-refractivity contribution in [3.05, 3.63) is 89.5 Å². The maximum Gasteiger partial charge on any atom is 0.200 e. The van der Waals surface area contributed by atoms with E-state index >= 15 is 0 Å². The molecule has 1 saturated heterocycles. The molecule has 1 fully saturated rings. The van der Waals surface area contributed by atoms with Crippen LogP contribution in [0.1, 0.15) is 31.6 Å². The predicted molar refractivity (Wildman–Crippen MR) is 121 cm³/mol. The number of rotatable bonds is 6. The first kappa shape index (κ1) is 24.0. The second-order valence-electron chi connectivity index (χ2n) is 8.18. The first-order valence-corrected chi connectivity index (χ1v) is 11.0. The summed E-state index contributed by atoms with van der Waals surface area (Å²) in [7, 11) is 0. The molecule has 3 aromatic carbocycles. The van der Waals surface area contributed by atoms with Crippen LogP contribution in [-0.2, 0) is 9.47 Å². The van der Waals surface area contributed by atoms with Gasteiger partial charge in [0.2, 0.25) is 5.82 Å². The standard InChI is InChI=1S/C27H24F4O3/c1-2-3-4-5-16-14-33-27(34-15-16)21-11-10-19(23(28)25(21)30)17-6-8-18(9-7-17)20-12-13-22(32)26(31)24(20)29/h2-3,6-13,16,27,32H,4-5,14-15H2,1H3/b3-2+. The van der Waals surface area contributed by atoms with Crippen LogP contribution in [0.5, 0.6) is 5.75 Å². The summed E-state index contributed by atoms with van der Waals surface area (Å²) in [5, 5.41) is 9.28. The molecule has 0 bridgehead atoms. The van der Waals surface area contributed by atoms with Gasteiger partial charge < -0.3 is 14.6 Å². The number of hydrogen-bond acceptors (Lipinski definition) is 3. The van der Waals surface area contributed by atoms with Crippen molar-refractivity contribution in [2.75, 3.05) is 13.2 Å². The van der Waals surface area contributed by atoms with Crippen LogP contribution in [0, 0.1) is 29.2 Å². The first-order valence-electron chi connectivity index (χ1n) is 11.0. The van der Waals surface area contributed by atoms with Gasteiger partial charge in [0.05, 0.1) is 13.2 Å². The van der Waals surface area contributed by atoms with Gasteiger partial charge in [-0.25, -0.2) is 13.2 Å². The van der Waals surface area contributed by atoms with Gasteiger partial charge >= 0.3 is 0 Å². The lowest BCUT2D eigenvalue weighted by molar-refractivity contribution is -0.207. The molecule has 1 heterocycles. The van der Waals surface area contributed by atoms with Gasteiger partial charge in [-0.15, -0.1) is 0 Å². The summed E-state index contributed by atoms with van der Waals surface area (Å²) in [5.41, 5.74) is 0.641. The summed E-state index contributed by atoms with van der Waals surface area (Å²) < 4.78 is 68.9. The number of aromatic hydroxyl groups is 1. The third kappa shape index (κ3) is 4.86. The third-order valence-electron chi connectivity index (χ3n) is 5.88. The Morgan fingerprint density at radius 3 is 1.94 bits per heavy atom. The second kappa shape index (κ2) is 10.4. The average Bonchev–Trinajstić information content (AvgIpc) is 2.85. The molecule has 1 N–H and O–H groups in total. The van der Waals surface area contributed by atoms with E-state index in [1.165, 1.54) is 42.5 Å². The molecule has 7 heteroatoms. The summed E-state index contributed by atoms with van der Waals surface area (Å²) >= 11 is 0. The van der Waals surface area contributed by atoms with E-state index in [1.807, 2.05) is 13.0 Å². The Morgan fingerprint density at radius 2 is 1.35 bits per heavy atom. The summed E-state index contributed by atoms with van der Waals surface area (Å²) in [6.07, 6.45) is 4.86. The van der Waals surface area contributed by atoms with Gasteiger partial charge in [0.1, 0.15) is 0 Å². The number of ether oxygens (including phenoxy) is 2. The summed E-state index contributed by atoms with van der Waals surface area (Å²) in [5.74, 6) is -5.22.